The Balaban J connectivity index is 2.76. The molecular formula is C13H18O2S. The van der Waals surface area contributed by atoms with E-state index in [1.807, 2.05) is 30.3 Å². The molecule has 88 valence electrons. The molecule has 0 aromatic heterocycles. The topological polar surface area (TPSA) is 37.3 Å². The molecule has 3 heteroatoms. The largest absolute Gasteiger partial charge is 0.480 e. The van der Waals surface area contributed by atoms with Crippen LogP contribution in [0.3, 0.4) is 0 Å². The van der Waals surface area contributed by atoms with Gasteiger partial charge in [0.2, 0.25) is 0 Å². The van der Waals surface area contributed by atoms with Crippen LogP contribution in [-0.4, -0.2) is 16.3 Å². The molecule has 0 fully saturated rings. The van der Waals surface area contributed by atoms with Crippen LogP contribution in [-0.2, 0) is 4.79 Å². The van der Waals surface area contributed by atoms with Gasteiger partial charge in [0.15, 0.2) is 0 Å². The van der Waals surface area contributed by atoms with Crippen LogP contribution in [0.25, 0.3) is 0 Å². The van der Waals surface area contributed by atoms with Crippen molar-refractivity contribution in [3.63, 3.8) is 0 Å². The van der Waals surface area contributed by atoms with Crippen molar-refractivity contribution < 1.29 is 9.90 Å². The van der Waals surface area contributed by atoms with Crippen molar-refractivity contribution in [3.05, 3.63) is 30.3 Å². The van der Waals surface area contributed by atoms with Crippen LogP contribution in [0.4, 0.5) is 0 Å². The molecule has 0 heterocycles. The van der Waals surface area contributed by atoms with Gasteiger partial charge in [-0.1, -0.05) is 44.9 Å². The highest BCUT2D eigenvalue weighted by molar-refractivity contribution is 8.00. The highest BCUT2D eigenvalue weighted by Crippen LogP contribution is 2.31. The predicted molar refractivity (Wildman–Crippen MR) is 67.8 cm³/mol. The van der Waals surface area contributed by atoms with Crippen LogP contribution in [0.15, 0.2) is 35.2 Å². The van der Waals surface area contributed by atoms with E-state index in [0.717, 1.165) is 17.7 Å². The molecule has 0 spiro atoms. The van der Waals surface area contributed by atoms with Crippen LogP contribution in [0, 0.1) is 5.92 Å². The van der Waals surface area contributed by atoms with Crippen molar-refractivity contribution in [2.45, 2.75) is 36.8 Å². The third kappa shape index (κ3) is 3.56. The number of hydrogen-bond donors (Lipinski definition) is 1. The Morgan fingerprint density at radius 1 is 1.25 bits per heavy atom. The van der Waals surface area contributed by atoms with Crippen LogP contribution in [0.5, 0.6) is 0 Å². The van der Waals surface area contributed by atoms with E-state index in [4.69, 9.17) is 0 Å². The number of rotatable bonds is 6. The first-order chi connectivity index (χ1) is 7.69. The van der Waals surface area contributed by atoms with Crippen LogP contribution in [0.1, 0.15) is 26.7 Å². The molecular weight excluding hydrogens is 220 g/mol. The molecule has 0 aliphatic carbocycles. The summed E-state index contributed by atoms with van der Waals surface area (Å²) in [5.41, 5.74) is 0. The average Bonchev–Trinajstić information content (AvgIpc) is 2.30. The van der Waals surface area contributed by atoms with E-state index in [-0.39, 0.29) is 11.2 Å². The van der Waals surface area contributed by atoms with Crippen LogP contribution < -0.4 is 0 Å². The molecule has 0 aliphatic rings. The van der Waals surface area contributed by atoms with E-state index in [9.17, 15) is 9.90 Å². The van der Waals surface area contributed by atoms with Gasteiger partial charge in [-0.15, -0.1) is 11.8 Å². The zero-order valence-electron chi connectivity index (χ0n) is 9.72. The molecule has 1 unspecified atom stereocenters. The Labute approximate surface area is 101 Å². The summed E-state index contributed by atoms with van der Waals surface area (Å²) in [5, 5.41) is 8.91. The Morgan fingerprint density at radius 3 is 2.25 bits per heavy atom. The van der Waals surface area contributed by atoms with Gasteiger partial charge in [-0.05, 0) is 18.1 Å². The van der Waals surface area contributed by atoms with Gasteiger partial charge in [0.25, 0.3) is 0 Å². The summed E-state index contributed by atoms with van der Waals surface area (Å²) in [5.74, 6) is -0.467. The third-order valence-corrected chi connectivity index (χ3v) is 4.11. The first-order valence-electron chi connectivity index (χ1n) is 5.63. The van der Waals surface area contributed by atoms with E-state index in [1.165, 1.54) is 11.8 Å². The first kappa shape index (κ1) is 13.1. The molecule has 0 saturated heterocycles. The van der Waals surface area contributed by atoms with Gasteiger partial charge < -0.3 is 5.11 Å². The van der Waals surface area contributed by atoms with Crippen molar-refractivity contribution in [1.29, 1.82) is 0 Å². The van der Waals surface area contributed by atoms with E-state index < -0.39 is 5.97 Å². The monoisotopic (exact) mass is 238 g/mol. The summed E-state index contributed by atoms with van der Waals surface area (Å²) < 4.78 is 0. The van der Waals surface area contributed by atoms with Gasteiger partial charge in [-0.2, -0.15) is 0 Å². The Bertz CT molecular complexity index is 320. The lowest BCUT2D eigenvalue weighted by atomic mass is 9.99. The molecule has 0 amide bonds. The van der Waals surface area contributed by atoms with E-state index in [2.05, 4.69) is 13.8 Å². The molecule has 1 rings (SSSR count). The Hall–Kier alpha value is -0.960. The van der Waals surface area contributed by atoms with Crippen molar-refractivity contribution in [3.8, 4) is 0 Å². The lowest BCUT2D eigenvalue weighted by molar-refractivity contribution is -0.137. The molecule has 16 heavy (non-hydrogen) atoms. The van der Waals surface area contributed by atoms with Crippen LogP contribution >= 0.6 is 11.8 Å². The Morgan fingerprint density at radius 2 is 1.81 bits per heavy atom. The fourth-order valence-electron chi connectivity index (χ4n) is 1.71. The zero-order valence-corrected chi connectivity index (χ0v) is 10.5. The number of thioether (sulfide) groups is 1. The minimum absolute atomic E-state index is 0.239. The minimum Gasteiger partial charge on any atom is -0.480 e. The van der Waals surface area contributed by atoms with Crippen molar-refractivity contribution in [2.24, 2.45) is 5.92 Å². The van der Waals surface area contributed by atoms with E-state index in [0.29, 0.717) is 0 Å². The first-order valence-corrected chi connectivity index (χ1v) is 6.51. The van der Waals surface area contributed by atoms with Crippen LogP contribution in [0.2, 0.25) is 0 Å². The molecule has 1 N–H and O–H groups in total. The number of hydrogen-bond acceptors (Lipinski definition) is 2. The second-order valence-corrected chi connectivity index (χ2v) is 4.98. The highest BCUT2D eigenvalue weighted by Gasteiger charge is 2.26. The van der Waals surface area contributed by atoms with E-state index in [1.54, 1.807) is 0 Å². The molecule has 0 aliphatic heterocycles. The predicted octanol–water partition coefficient (Wildman–Crippen LogP) is 3.67. The van der Waals surface area contributed by atoms with Gasteiger partial charge in [0.1, 0.15) is 5.25 Å². The molecule has 2 nitrogen and oxygen atoms in total. The molecule has 0 radical (unpaired) electrons. The van der Waals surface area contributed by atoms with Gasteiger partial charge >= 0.3 is 5.97 Å². The van der Waals surface area contributed by atoms with Crippen molar-refractivity contribution in [1.82, 2.24) is 0 Å². The molecule has 1 aromatic carbocycles. The van der Waals surface area contributed by atoms with Gasteiger partial charge in [-0.25, -0.2) is 0 Å². The molecule has 1 atom stereocenters. The number of carbonyl (C=O) groups is 1. The summed E-state index contributed by atoms with van der Waals surface area (Å²) in [6.07, 6.45) is 1.82. The number of aliphatic carboxylic acids is 1. The lowest BCUT2D eigenvalue weighted by Crippen LogP contribution is -2.25. The molecule has 0 saturated carbocycles. The standard InChI is InChI=1S/C13H18O2S/c1-3-10(4-2)12(13(14)15)16-11-8-6-5-7-9-11/h5-10,12H,3-4H2,1-2H3,(H,14,15). The smallest absolute Gasteiger partial charge is 0.317 e. The van der Waals surface area contributed by atoms with Gasteiger partial charge in [-0.3, -0.25) is 4.79 Å². The fourth-order valence-corrected chi connectivity index (χ4v) is 3.00. The average molecular weight is 238 g/mol. The number of benzene rings is 1. The fraction of sp³-hybridized carbons (Fsp3) is 0.462. The maximum atomic E-state index is 11.2. The minimum atomic E-state index is -0.706. The summed E-state index contributed by atoms with van der Waals surface area (Å²) in [6.45, 7) is 4.10. The SMILES string of the molecule is CCC(CC)C(Sc1ccccc1)C(=O)O. The lowest BCUT2D eigenvalue weighted by Gasteiger charge is -2.20. The maximum absolute atomic E-state index is 11.2. The Kier molecular flexibility index (Phi) is 5.39. The summed E-state index contributed by atoms with van der Waals surface area (Å²) in [7, 11) is 0. The number of carboxylic acid groups (broad SMARTS) is 1. The normalized spacial score (nSPS) is 12.7. The second kappa shape index (κ2) is 6.59. The van der Waals surface area contributed by atoms with E-state index >= 15 is 0 Å². The zero-order chi connectivity index (χ0) is 12.0. The van der Waals surface area contributed by atoms with Gasteiger partial charge in [0.05, 0.1) is 0 Å². The maximum Gasteiger partial charge on any atom is 0.317 e. The van der Waals surface area contributed by atoms with Crippen molar-refractivity contribution in [2.75, 3.05) is 0 Å². The number of carboxylic acids is 1. The second-order valence-electron chi connectivity index (χ2n) is 3.77. The third-order valence-electron chi connectivity index (χ3n) is 2.73. The summed E-state index contributed by atoms with van der Waals surface area (Å²) in [4.78, 5) is 12.3. The quantitative estimate of drug-likeness (QED) is 0.768. The summed E-state index contributed by atoms with van der Waals surface area (Å²) >= 11 is 1.45. The highest BCUT2D eigenvalue weighted by atomic mass is 32.2. The molecule has 1 aromatic rings. The van der Waals surface area contributed by atoms with Gasteiger partial charge in [0, 0.05) is 4.90 Å². The molecule has 0 bridgehead atoms. The van der Waals surface area contributed by atoms with Crippen molar-refractivity contribution >= 4 is 17.7 Å². The summed E-state index contributed by atoms with van der Waals surface area (Å²) in [6, 6.07) is 9.74.